The largest absolute Gasteiger partial charge is 0.390 e. The van der Waals surface area contributed by atoms with Crippen molar-refractivity contribution in [1.29, 1.82) is 0 Å². The van der Waals surface area contributed by atoms with E-state index in [0.29, 0.717) is 26.4 Å². The van der Waals surface area contributed by atoms with Gasteiger partial charge in [0, 0.05) is 67.1 Å². The summed E-state index contributed by atoms with van der Waals surface area (Å²) < 4.78 is 34.4. The molecule has 9 heterocycles. The van der Waals surface area contributed by atoms with E-state index in [2.05, 4.69) is 13.8 Å². The summed E-state index contributed by atoms with van der Waals surface area (Å²) >= 11 is 5.45. The Labute approximate surface area is 354 Å². The number of hydrogen-bond donors (Lipinski definition) is 7. The molecular formula is C41H77NO12S3. The summed E-state index contributed by atoms with van der Waals surface area (Å²) in [5, 5.41) is 61.1. The third kappa shape index (κ3) is 16.0. The minimum Gasteiger partial charge on any atom is -0.390 e. The lowest BCUT2D eigenvalue weighted by Crippen LogP contribution is -2.56. The van der Waals surface area contributed by atoms with E-state index < -0.39 is 55.5 Å². The average molecular weight is 872 g/mol. The number of aliphatic hydroxyl groups is 6. The maximum atomic E-state index is 10.3. The maximum Gasteiger partial charge on any atom is 0.186 e. The first-order chi connectivity index (χ1) is 27.7. The Morgan fingerprint density at radius 2 is 0.754 bits per heavy atom. The van der Waals surface area contributed by atoms with Crippen molar-refractivity contribution in [2.24, 2.45) is 23.5 Å². The van der Waals surface area contributed by atoms with E-state index in [1.54, 1.807) is 11.8 Å². The Morgan fingerprint density at radius 3 is 1.05 bits per heavy atom. The summed E-state index contributed by atoms with van der Waals surface area (Å²) in [5.74, 6) is 5.73. The highest BCUT2D eigenvalue weighted by Crippen LogP contribution is 2.36. The van der Waals surface area contributed by atoms with E-state index in [4.69, 9.17) is 34.2 Å². The average Bonchev–Trinajstić information content (AvgIpc) is 3.22. The van der Waals surface area contributed by atoms with Gasteiger partial charge in [0.2, 0.25) is 0 Å². The van der Waals surface area contributed by atoms with Crippen LogP contribution in [0.15, 0.2) is 0 Å². The smallest absolute Gasteiger partial charge is 0.186 e. The molecule has 0 aromatic rings. The first-order valence-electron chi connectivity index (χ1n) is 22.0. The van der Waals surface area contributed by atoms with Crippen molar-refractivity contribution >= 4 is 35.3 Å². The summed E-state index contributed by atoms with van der Waals surface area (Å²) in [6.07, 6.45) is 7.61. The standard InChI is InChI=1S/2C14H26O4S.C13H25NO4S/c2*1-2-8-19-9-11-10-6-4-3-5-7-17-14(18-11)13(16)12(10)15;14-5-7-19-8-10-9-4-2-1-3-6-17-13(18-10)12(16)11(9)15/h2*10-16H,2-9H2,1H3;9-13,15-16H,1-8,14H2/t2*10?,11?,12-,13?,14-;9?,10?,11-,12?,13-/m000/s1. The predicted octanol–water partition coefficient (Wildman–Crippen LogP) is 3.90. The van der Waals surface area contributed by atoms with Crippen LogP contribution in [0.2, 0.25) is 0 Å². The van der Waals surface area contributed by atoms with Gasteiger partial charge in [-0.3, -0.25) is 0 Å². The molecule has 0 aliphatic carbocycles. The fourth-order valence-corrected chi connectivity index (χ4v) is 11.4. The van der Waals surface area contributed by atoms with E-state index in [9.17, 15) is 30.6 Å². The van der Waals surface area contributed by atoms with E-state index in [0.717, 1.165) is 124 Å². The highest BCUT2D eigenvalue weighted by atomic mass is 32.2. The molecule has 0 aromatic carbocycles. The predicted molar refractivity (Wildman–Crippen MR) is 227 cm³/mol. The van der Waals surface area contributed by atoms with Crippen LogP contribution < -0.4 is 5.73 Å². The molecule has 6 bridgehead atoms. The molecular weight excluding hydrogens is 795 g/mol. The lowest BCUT2D eigenvalue weighted by molar-refractivity contribution is -0.284. The maximum absolute atomic E-state index is 10.3. The fraction of sp³-hybridized carbons (Fsp3) is 1.00. The van der Waals surface area contributed by atoms with Crippen molar-refractivity contribution in [2.75, 3.05) is 60.9 Å². The highest BCUT2D eigenvalue weighted by molar-refractivity contribution is 7.99. The minimum absolute atomic E-state index is 0.00164. The van der Waals surface area contributed by atoms with Crippen LogP contribution in [0.3, 0.4) is 0 Å². The van der Waals surface area contributed by atoms with Crippen LogP contribution >= 0.6 is 35.3 Å². The molecule has 8 N–H and O–H groups in total. The van der Waals surface area contributed by atoms with Crippen molar-refractivity contribution in [3.63, 3.8) is 0 Å². The van der Waals surface area contributed by atoms with Crippen molar-refractivity contribution in [2.45, 2.75) is 178 Å². The van der Waals surface area contributed by atoms with Gasteiger partial charge in [0.15, 0.2) is 18.9 Å². The second-order valence-electron chi connectivity index (χ2n) is 16.2. The SMILES string of the molecule is CCCSCC1O[C@@H]2OCCCCCC1[C@H](O)C2O.CCCSCC1O[C@@H]2OCCCCCC1[C@H](O)C2O.NCCSCC1O[C@@H]2OCCCCCC1[C@H](O)C2O. The third-order valence-corrected chi connectivity index (χ3v) is 15.4. The Balaban J connectivity index is 0.000000189. The summed E-state index contributed by atoms with van der Waals surface area (Å²) in [7, 11) is 0. The highest BCUT2D eigenvalue weighted by Gasteiger charge is 2.47. The van der Waals surface area contributed by atoms with Gasteiger partial charge < -0.3 is 64.8 Å². The van der Waals surface area contributed by atoms with Gasteiger partial charge in [0.05, 0.1) is 36.6 Å². The van der Waals surface area contributed by atoms with Crippen LogP contribution in [-0.4, -0.2) is 165 Å². The van der Waals surface area contributed by atoms with Gasteiger partial charge in [-0.05, 0) is 62.9 Å². The summed E-state index contributed by atoms with van der Waals surface area (Å²) in [4.78, 5) is 0. The number of aliphatic hydroxyl groups excluding tert-OH is 6. The Kier molecular flexibility index (Phi) is 24.9. The molecule has 9 saturated heterocycles. The first-order valence-corrected chi connectivity index (χ1v) is 25.5. The number of thioether (sulfide) groups is 3. The summed E-state index contributed by atoms with van der Waals surface area (Å²) in [6.45, 7) is 6.76. The normalized spacial score (nSPS) is 40.3. The monoisotopic (exact) mass is 871 g/mol. The van der Waals surface area contributed by atoms with Gasteiger partial charge in [0.1, 0.15) is 18.3 Å². The zero-order chi connectivity index (χ0) is 41.0. The van der Waals surface area contributed by atoms with Gasteiger partial charge in [0.25, 0.3) is 0 Å². The van der Waals surface area contributed by atoms with Crippen molar-refractivity contribution in [1.82, 2.24) is 0 Å². The molecule has 9 rings (SSSR count). The molecule has 9 aliphatic rings. The van der Waals surface area contributed by atoms with E-state index in [-0.39, 0.29) is 36.1 Å². The van der Waals surface area contributed by atoms with E-state index >= 15 is 0 Å². The molecule has 9 aliphatic heterocycles. The summed E-state index contributed by atoms with van der Waals surface area (Å²) in [5.41, 5.74) is 5.50. The molecule has 0 aromatic heterocycles. The Hall–Kier alpha value is 0.530. The van der Waals surface area contributed by atoms with Crippen LogP contribution in [0, 0.1) is 17.8 Å². The zero-order valence-electron chi connectivity index (χ0n) is 34.6. The Bertz CT molecular complexity index is 916. The quantitative estimate of drug-likeness (QED) is 0.139. The van der Waals surface area contributed by atoms with Crippen LogP contribution in [0.25, 0.3) is 0 Å². The van der Waals surface area contributed by atoms with Gasteiger partial charge in [-0.25, -0.2) is 0 Å². The molecule has 0 radical (unpaired) electrons. The number of hydrogen-bond acceptors (Lipinski definition) is 16. The minimum atomic E-state index is -0.932. The number of ether oxygens (including phenoxy) is 6. The topological polar surface area (TPSA) is 203 Å². The van der Waals surface area contributed by atoms with Gasteiger partial charge in [-0.15, -0.1) is 0 Å². The molecule has 336 valence electrons. The van der Waals surface area contributed by atoms with Crippen LogP contribution in [0.4, 0.5) is 0 Å². The second kappa shape index (κ2) is 28.3. The first kappa shape index (κ1) is 50.2. The molecule has 0 amide bonds. The fourth-order valence-electron chi connectivity index (χ4n) is 8.48. The van der Waals surface area contributed by atoms with Crippen molar-refractivity contribution in [3.05, 3.63) is 0 Å². The third-order valence-electron chi connectivity index (χ3n) is 11.8. The molecule has 15 atom stereocenters. The molecule has 0 spiro atoms. The van der Waals surface area contributed by atoms with Gasteiger partial charge >= 0.3 is 0 Å². The molecule has 13 nitrogen and oxygen atoms in total. The lowest BCUT2D eigenvalue weighted by Gasteiger charge is -2.43. The van der Waals surface area contributed by atoms with E-state index in [1.165, 1.54) is 0 Å². The van der Waals surface area contributed by atoms with Gasteiger partial charge in [-0.2, -0.15) is 35.3 Å². The van der Waals surface area contributed by atoms with Gasteiger partial charge in [-0.1, -0.05) is 52.4 Å². The van der Waals surface area contributed by atoms with E-state index in [1.807, 2.05) is 23.5 Å². The number of nitrogens with two attached hydrogens (primary N) is 1. The number of rotatable bonds is 12. The molecule has 9 unspecified atom stereocenters. The molecule has 0 saturated carbocycles. The van der Waals surface area contributed by atoms with Crippen molar-refractivity contribution in [3.8, 4) is 0 Å². The Morgan fingerprint density at radius 1 is 0.439 bits per heavy atom. The molecule has 9 fully saturated rings. The van der Waals surface area contributed by atoms with Crippen LogP contribution in [0.1, 0.15) is 104 Å². The molecule has 16 heteroatoms. The molecule has 57 heavy (non-hydrogen) atoms. The number of fused-ring (bicyclic) bond motifs is 21. The second-order valence-corrected chi connectivity index (χ2v) is 19.7. The lowest BCUT2D eigenvalue weighted by atomic mass is 9.85. The van der Waals surface area contributed by atoms with Crippen LogP contribution in [0.5, 0.6) is 0 Å². The van der Waals surface area contributed by atoms with Crippen LogP contribution in [-0.2, 0) is 28.4 Å². The zero-order valence-corrected chi connectivity index (χ0v) is 37.0. The summed E-state index contributed by atoms with van der Waals surface area (Å²) in [6, 6.07) is 0. The van der Waals surface area contributed by atoms with Crippen molar-refractivity contribution < 1.29 is 59.1 Å².